The topological polar surface area (TPSA) is 99.2 Å². The summed E-state index contributed by atoms with van der Waals surface area (Å²) in [6, 6.07) is -0.400. The van der Waals surface area contributed by atoms with Crippen LogP contribution in [0.5, 0.6) is 0 Å². The molecule has 0 unspecified atom stereocenters. The molecular formula is C9H13N5O2. The molecule has 2 amide bonds. The molecule has 1 aromatic rings. The van der Waals surface area contributed by atoms with Crippen LogP contribution in [0.15, 0.2) is 6.20 Å². The number of amides is 2. The molecule has 0 aromatic carbocycles. The van der Waals surface area contributed by atoms with Crippen molar-refractivity contribution in [1.82, 2.24) is 15.3 Å². The van der Waals surface area contributed by atoms with Gasteiger partial charge in [-0.15, -0.1) is 0 Å². The van der Waals surface area contributed by atoms with Gasteiger partial charge in [0.05, 0.1) is 6.61 Å². The highest BCUT2D eigenvalue weighted by Crippen LogP contribution is 2.16. The Morgan fingerprint density at radius 1 is 1.69 bits per heavy atom. The van der Waals surface area contributed by atoms with Gasteiger partial charge in [0.25, 0.3) is 0 Å². The van der Waals surface area contributed by atoms with E-state index in [1.54, 1.807) is 6.20 Å². The number of aliphatic hydroxyl groups excluding tert-OH is 1. The van der Waals surface area contributed by atoms with Crippen molar-refractivity contribution in [1.29, 1.82) is 0 Å². The van der Waals surface area contributed by atoms with Gasteiger partial charge in [0.1, 0.15) is 5.82 Å². The first-order chi connectivity index (χ1) is 7.69. The molecule has 86 valence electrons. The maximum Gasteiger partial charge on any atom is 0.320 e. The molecule has 0 aliphatic carbocycles. The van der Waals surface area contributed by atoms with Gasteiger partial charge in [0.2, 0.25) is 5.95 Å². The van der Waals surface area contributed by atoms with Gasteiger partial charge < -0.3 is 15.7 Å². The predicted octanol–water partition coefficient (Wildman–Crippen LogP) is -0.0956. The van der Waals surface area contributed by atoms with Crippen molar-refractivity contribution in [3.63, 3.8) is 0 Å². The molecule has 0 fully saturated rings. The Hall–Kier alpha value is -1.89. The lowest BCUT2D eigenvalue weighted by atomic mass is 10.3. The van der Waals surface area contributed by atoms with Gasteiger partial charge in [-0.05, 0) is 6.92 Å². The lowest BCUT2D eigenvalue weighted by molar-refractivity contribution is 0.250. The van der Waals surface area contributed by atoms with Crippen LogP contribution in [0.3, 0.4) is 0 Å². The Labute approximate surface area is 92.3 Å². The minimum Gasteiger partial charge on any atom is -0.394 e. The van der Waals surface area contributed by atoms with Crippen LogP contribution in [-0.4, -0.2) is 33.8 Å². The van der Waals surface area contributed by atoms with Crippen molar-refractivity contribution in [2.24, 2.45) is 0 Å². The molecule has 0 saturated heterocycles. The summed E-state index contributed by atoms with van der Waals surface area (Å²) in [7, 11) is 0. The molecular weight excluding hydrogens is 210 g/mol. The predicted molar refractivity (Wildman–Crippen MR) is 58.1 cm³/mol. The number of aromatic nitrogens is 2. The summed E-state index contributed by atoms with van der Waals surface area (Å²) in [5, 5.41) is 17.0. The van der Waals surface area contributed by atoms with Gasteiger partial charge in [-0.1, -0.05) is 0 Å². The molecule has 0 spiro atoms. The smallest absolute Gasteiger partial charge is 0.320 e. The van der Waals surface area contributed by atoms with E-state index in [2.05, 4.69) is 25.9 Å². The van der Waals surface area contributed by atoms with Gasteiger partial charge in [-0.3, -0.25) is 5.32 Å². The second-order valence-electron chi connectivity index (χ2n) is 3.60. The maximum atomic E-state index is 11.1. The number of nitrogens with one attached hydrogen (secondary N) is 3. The molecule has 1 aliphatic rings. The molecule has 0 saturated carbocycles. The number of fused-ring (bicyclic) bond motifs is 1. The van der Waals surface area contributed by atoms with E-state index in [0.717, 1.165) is 5.56 Å². The van der Waals surface area contributed by atoms with Crippen LogP contribution >= 0.6 is 0 Å². The van der Waals surface area contributed by atoms with E-state index < -0.39 is 0 Å². The maximum absolute atomic E-state index is 11.1. The number of carbonyl (C=O) groups excluding carboxylic acids is 1. The second kappa shape index (κ2) is 4.31. The number of anilines is 2. The Bertz CT molecular complexity index is 409. The normalized spacial score (nSPS) is 15.8. The van der Waals surface area contributed by atoms with Gasteiger partial charge in [-0.2, -0.15) is 4.98 Å². The summed E-state index contributed by atoms with van der Waals surface area (Å²) >= 11 is 0. The highest BCUT2D eigenvalue weighted by molar-refractivity contribution is 5.91. The molecule has 0 bridgehead atoms. The largest absolute Gasteiger partial charge is 0.394 e. The zero-order chi connectivity index (χ0) is 11.5. The van der Waals surface area contributed by atoms with Crippen LogP contribution in [0.1, 0.15) is 12.5 Å². The van der Waals surface area contributed by atoms with E-state index in [-0.39, 0.29) is 18.7 Å². The quantitative estimate of drug-likeness (QED) is 0.573. The fraction of sp³-hybridized carbons (Fsp3) is 0.444. The summed E-state index contributed by atoms with van der Waals surface area (Å²) < 4.78 is 0. The molecule has 0 radical (unpaired) electrons. The Morgan fingerprint density at radius 2 is 2.50 bits per heavy atom. The summed E-state index contributed by atoms with van der Waals surface area (Å²) in [6.07, 6.45) is 1.64. The van der Waals surface area contributed by atoms with E-state index in [0.29, 0.717) is 18.3 Å². The molecule has 16 heavy (non-hydrogen) atoms. The van der Waals surface area contributed by atoms with E-state index in [4.69, 9.17) is 5.11 Å². The van der Waals surface area contributed by atoms with Gasteiger partial charge >= 0.3 is 6.03 Å². The minimum atomic E-state index is -0.271. The van der Waals surface area contributed by atoms with Crippen LogP contribution in [0.4, 0.5) is 16.6 Å². The van der Waals surface area contributed by atoms with Crippen molar-refractivity contribution in [2.75, 3.05) is 17.2 Å². The fourth-order valence-corrected chi connectivity index (χ4v) is 1.31. The minimum absolute atomic E-state index is 0.00560. The fourth-order valence-electron chi connectivity index (χ4n) is 1.31. The van der Waals surface area contributed by atoms with Gasteiger partial charge in [-0.25, -0.2) is 9.78 Å². The number of hydrogen-bond donors (Lipinski definition) is 4. The number of carbonyl (C=O) groups is 1. The van der Waals surface area contributed by atoms with Crippen LogP contribution in [0.25, 0.3) is 0 Å². The highest BCUT2D eigenvalue weighted by Gasteiger charge is 2.16. The van der Waals surface area contributed by atoms with Crippen molar-refractivity contribution >= 4 is 17.8 Å². The van der Waals surface area contributed by atoms with Crippen molar-refractivity contribution < 1.29 is 9.90 Å². The van der Waals surface area contributed by atoms with E-state index in [1.165, 1.54) is 0 Å². The zero-order valence-electron chi connectivity index (χ0n) is 8.82. The molecule has 4 N–H and O–H groups in total. The molecule has 1 aromatic heterocycles. The third-order valence-corrected chi connectivity index (χ3v) is 2.19. The third-order valence-electron chi connectivity index (χ3n) is 2.19. The summed E-state index contributed by atoms with van der Waals surface area (Å²) in [4.78, 5) is 19.3. The SMILES string of the molecule is C[C@@H](CO)Nc1ncc2c(n1)NC(=O)NC2. The zero-order valence-corrected chi connectivity index (χ0v) is 8.82. The first kappa shape index (κ1) is 10.6. The van der Waals surface area contributed by atoms with Crippen molar-refractivity contribution in [2.45, 2.75) is 19.5 Å². The molecule has 2 heterocycles. The average molecular weight is 223 g/mol. The molecule has 1 aliphatic heterocycles. The van der Waals surface area contributed by atoms with Crippen molar-refractivity contribution in [3.8, 4) is 0 Å². The van der Waals surface area contributed by atoms with Crippen LogP contribution in [0, 0.1) is 0 Å². The van der Waals surface area contributed by atoms with Gasteiger partial charge in [0, 0.05) is 24.3 Å². The van der Waals surface area contributed by atoms with E-state index >= 15 is 0 Å². The van der Waals surface area contributed by atoms with Gasteiger partial charge in [0.15, 0.2) is 0 Å². The standard InChI is InChI=1S/C9H13N5O2/c1-5(4-15)12-8-10-2-6-3-11-9(16)14-7(6)13-8/h2,5,15H,3-4H2,1H3,(H3,10,11,12,13,14,16)/t5-/m0/s1. The van der Waals surface area contributed by atoms with Crippen LogP contribution in [0.2, 0.25) is 0 Å². The van der Waals surface area contributed by atoms with E-state index in [1.807, 2.05) is 6.92 Å². The average Bonchev–Trinajstić information content (AvgIpc) is 2.28. The first-order valence-corrected chi connectivity index (χ1v) is 4.97. The number of urea groups is 1. The molecule has 1 atom stereocenters. The summed E-state index contributed by atoms with van der Waals surface area (Å²) in [6.45, 7) is 2.23. The molecule has 7 nitrogen and oxygen atoms in total. The third kappa shape index (κ3) is 2.19. The Balaban J connectivity index is 2.18. The summed E-state index contributed by atoms with van der Waals surface area (Å²) in [5.74, 6) is 0.897. The second-order valence-corrected chi connectivity index (χ2v) is 3.60. The monoisotopic (exact) mass is 223 g/mol. The summed E-state index contributed by atoms with van der Waals surface area (Å²) in [5.41, 5.74) is 0.835. The number of hydrogen-bond acceptors (Lipinski definition) is 5. The first-order valence-electron chi connectivity index (χ1n) is 4.97. The lowest BCUT2D eigenvalue weighted by Gasteiger charge is -2.18. The lowest BCUT2D eigenvalue weighted by Crippen LogP contribution is -2.34. The Kier molecular flexibility index (Phi) is 2.86. The number of aliphatic hydroxyl groups is 1. The number of rotatable bonds is 3. The van der Waals surface area contributed by atoms with E-state index in [9.17, 15) is 4.79 Å². The van der Waals surface area contributed by atoms with Crippen LogP contribution in [-0.2, 0) is 6.54 Å². The molecule has 7 heteroatoms. The van der Waals surface area contributed by atoms with Crippen molar-refractivity contribution in [3.05, 3.63) is 11.8 Å². The number of nitrogens with zero attached hydrogens (tertiary/aromatic N) is 2. The Morgan fingerprint density at radius 3 is 3.25 bits per heavy atom. The highest BCUT2D eigenvalue weighted by atomic mass is 16.3. The van der Waals surface area contributed by atoms with Crippen LogP contribution < -0.4 is 16.0 Å². The molecule has 2 rings (SSSR count).